The summed E-state index contributed by atoms with van der Waals surface area (Å²) in [7, 11) is 0. The summed E-state index contributed by atoms with van der Waals surface area (Å²) in [6, 6.07) is 7.49. The van der Waals surface area contributed by atoms with Crippen LogP contribution in [0.25, 0.3) is 5.69 Å². The Hall–Kier alpha value is -1.37. The van der Waals surface area contributed by atoms with Gasteiger partial charge in [0.15, 0.2) is 5.78 Å². The van der Waals surface area contributed by atoms with E-state index in [1.807, 2.05) is 24.3 Å². The van der Waals surface area contributed by atoms with Gasteiger partial charge in [0.25, 0.3) is 5.56 Å². The molecule has 2 rings (SSSR count). The molecule has 0 aliphatic carbocycles. The molecule has 5 heteroatoms. The molecule has 0 unspecified atom stereocenters. The van der Waals surface area contributed by atoms with E-state index >= 15 is 0 Å². The maximum atomic E-state index is 12.0. The van der Waals surface area contributed by atoms with Gasteiger partial charge < -0.3 is 0 Å². The molecule has 0 fully saturated rings. The number of carbonyl (C=O) groups is 1. The summed E-state index contributed by atoms with van der Waals surface area (Å²) >= 11 is 2.20. The molecule has 1 heterocycles. The van der Waals surface area contributed by atoms with Crippen LogP contribution in [0.3, 0.4) is 0 Å². The van der Waals surface area contributed by atoms with Gasteiger partial charge in [0.1, 0.15) is 5.56 Å². The molecule has 0 aliphatic heterocycles. The third-order valence-electron chi connectivity index (χ3n) is 2.51. The second-order valence-electron chi connectivity index (χ2n) is 3.78. The Morgan fingerprint density at radius 2 is 1.88 bits per heavy atom. The molecule has 0 radical (unpaired) electrons. The standard InChI is InChI=1S/C12H11IN2O2/c1-7-11(8(2)16)12(17)15(14-7)10-5-3-9(13)4-6-10/h3-6,14H,1-2H3. The van der Waals surface area contributed by atoms with Crippen molar-refractivity contribution >= 4 is 28.4 Å². The fourth-order valence-corrected chi connectivity index (χ4v) is 2.09. The van der Waals surface area contributed by atoms with Crippen LogP contribution in [-0.2, 0) is 0 Å². The molecule has 0 saturated heterocycles. The zero-order valence-electron chi connectivity index (χ0n) is 9.45. The van der Waals surface area contributed by atoms with Crippen molar-refractivity contribution in [2.75, 3.05) is 0 Å². The van der Waals surface area contributed by atoms with E-state index in [9.17, 15) is 9.59 Å². The number of rotatable bonds is 2. The first-order valence-corrected chi connectivity index (χ1v) is 6.17. The molecule has 4 nitrogen and oxygen atoms in total. The zero-order valence-corrected chi connectivity index (χ0v) is 11.6. The molecule has 1 aromatic heterocycles. The number of aryl methyl sites for hydroxylation is 1. The SMILES string of the molecule is CC(=O)c1c(C)[nH]n(-c2ccc(I)cc2)c1=O. The molecule has 88 valence electrons. The average Bonchev–Trinajstić information content (AvgIpc) is 2.55. The number of carbonyl (C=O) groups excluding carboxylic acids is 1. The lowest BCUT2D eigenvalue weighted by Crippen LogP contribution is -2.19. The first-order chi connectivity index (χ1) is 8.00. The highest BCUT2D eigenvalue weighted by molar-refractivity contribution is 14.1. The van der Waals surface area contributed by atoms with Gasteiger partial charge in [0.2, 0.25) is 0 Å². The topological polar surface area (TPSA) is 54.9 Å². The normalized spacial score (nSPS) is 10.5. The minimum Gasteiger partial charge on any atom is -0.295 e. The minimum atomic E-state index is -0.295. The van der Waals surface area contributed by atoms with Crippen molar-refractivity contribution in [1.29, 1.82) is 0 Å². The van der Waals surface area contributed by atoms with Gasteiger partial charge in [-0.15, -0.1) is 0 Å². The number of hydrogen-bond donors (Lipinski definition) is 1. The van der Waals surface area contributed by atoms with Crippen LogP contribution in [0.5, 0.6) is 0 Å². The van der Waals surface area contributed by atoms with E-state index in [1.165, 1.54) is 11.6 Å². The summed E-state index contributed by atoms with van der Waals surface area (Å²) in [5.41, 5.74) is 1.26. The van der Waals surface area contributed by atoms with Crippen molar-refractivity contribution < 1.29 is 4.79 Å². The predicted octanol–water partition coefficient (Wildman–Crippen LogP) is 2.28. The van der Waals surface area contributed by atoms with Crippen LogP contribution in [0.15, 0.2) is 29.1 Å². The van der Waals surface area contributed by atoms with E-state index in [4.69, 9.17) is 0 Å². The molecular weight excluding hydrogens is 331 g/mol. The lowest BCUT2D eigenvalue weighted by molar-refractivity contribution is 0.101. The third-order valence-corrected chi connectivity index (χ3v) is 3.23. The smallest absolute Gasteiger partial charge is 0.282 e. The molecule has 1 aromatic carbocycles. The van der Waals surface area contributed by atoms with Crippen LogP contribution in [0.4, 0.5) is 0 Å². The lowest BCUT2D eigenvalue weighted by Gasteiger charge is -2.00. The molecule has 0 bridgehead atoms. The van der Waals surface area contributed by atoms with E-state index in [-0.39, 0.29) is 16.9 Å². The van der Waals surface area contributed by atoms with Crippen molar-refractivity contribution in [1.82, 2.24) is 9.78 Å². The number of halogens is 1. The highest BCUT2D eigenvalue weighted by Crippen LogP contribution is 2.10. The van der Waals surface area contributed by atoms with Crippen LogP contribution >= 0.6 is 22.6 Å². The van der Waals surface area contributed by atoms with E-state index in [0.29, 0.717) is 5.69 Å². The van der Waals surface area contributed by atoms with Crippen molar-refractivity contribution in [3.63, 3.8) is 0 Å². The summed E-state index contributed by atoms with van der Waals surface area (Å²) in [5.74, 6) is -0.215. The van der Waals surface area contributed by atoms with Gasteiger partial charge in [-0.2, -0.15) is 0 Å². The average molecular weight is 342 g/mol. The second kappa shape index (κ2) is 4.48. The van der Waals surface area contributed by atoms with E-state index < -0.39 is 0 Å². The van der Waals surface area contributed by atoms with Gasteiger partial charge in [0.05, 0.1) is 5.69 Å². The Balaban J connectivity index is 2.62. The summed E-state index contributed by atoms with van der Waals surface area (Å²) in [5, 5.41) is 2.91. The van der Waals surface area contributed by atoms with Gasteiger partial charge >= 0.3 is 0 Å². The molecular formula is C12H11IN2O2. The highest BCUT2D eigenvalue weighted by Gasteiger charge is 2.15. The molecule has 1 N–H and O–H groups in total. The minimum absolute atomic E-state index is 0.215. The van der Waals surface area contributed by atoms with Crippen LogP contribution in [0, 0.1) is 10.5 Å². The quantitative estimate of drug-likeness (QED) is 0.673. The van der Waals surface area contributed by atoms with Crippen LogP contribution in [0.2, 0.25) is 0 Å². The van der Waals surface area contributed by atoms with E-state index in [2.05, 4.69) is 27.7 Å². The Kier molecular flexibility index (Phi) is 3.19. The van der Waals surface area contributed by atoms with Crippen LogP contribution in [-0.4, -0.2) is 15.6 Å². The van der Waals surface area contributed by atoms with Crippen LogP contribution in [0.1, 0.15) is 23.0 Å². The largest absolute Gasteiger partial charge is 0.295 e. The number of nitrogens with zero attached hydrogens (tertiary/aromatic N) is 1. The summed E-state index contributed by atoms with van der Waals surface area (Å²) in [4.78, 5) is 23.4. The van der Waals surface area contributed by atoms with Gasteiger partial charge in [-0.1, -0.05) is 0 Å². The molecule has 0 amide bonds. The molecule has 2 aromatic rings. The van der Waals surface area contributed by atoms with Gasteiger partial charge in [-0.05, 0) is 60.7 Å². The van der Waals surface area contributed by atoms with Crippen molar-refractivity contribution in [2.24, 2.45) is 0 Å². The number of nitrogens with one attached hydrogen (secondary N) is 1. The lowest BCUT2D eigenvalue weighted by atomic mass is 10.2. The van der Waals surface area contributed by atoms with Crippen LogP contribution < -0.4 is 5.56 Å². The second-order valence-corrected chi connectivity index (χ2v) is 5.03. The van der Waals surface area contributed by atoms with Crippen molar-refractivity contribution in [2.45, 2.75) is 13.8 Å². The molecule has 0 atom stereocenters. The summed E-state index contributed by atoms with van der Waals surface area (Å²) in [6.07, 6.45) is 0. The van der Waals surface area contributed by atoms with E-state index in [1.54, 1.807) is 6.92 Å². The number of hydrogen-bond acceptors (Lipinski definition) is 2. The van der Waals surface area contributed by atoms with Crippen molar-refractivity contribution in [3.05, 3.63) is 49.4 Å². The Bertz CT molecular complexity index is 623. The predicted molar refractivity (Wildman–Crippen MR) is 73.8 cm³/mol. The zero-order chi connectivity index (χ0) is 12.6. The molecule has 0 saturated carbocycles. The molecule has 0 aliphatic rings. The monoisotopic (exact) mass is 342 g/mol. The fraction of sp³-hybridized carbons (Fsp3) is 0.167. The first-order valence-electron chi connectivity index (χ1n) is 5.09. The Labute approximate surface area is 112 Å². The van der Waals surface area contributed by atoms with Gasteiger partial charge in [-0.25, -0.2) is 4.68 Å². The number of H-pyrrole nitrogens is 1. The number of aromatic amines is 1. The molecule has 0 spiro atoms. The summed E-state index contributed by atoms with van der Waals surface area (Å²) in [6.45, 7) is 3.12. The number of aromatic nitrogens is 2. The van der Waals surface area contributed by atoms with Gasteiger partial charge in [-0.3, -0.25) is 14.7 Å². The number of Topliss-reactive ketones (excluding diaryl/α,β-unsaturated/α-hetero) is 1. The summed E-state index contributed by atoms with van der Waals surface area (Å²) < 4.78 is 2.48. The maximum Gasteiger partial charge on any atom is 0.282 e. The number of benzene rings is 1. The Morgan fingerprint density at radius 1 is 1.29 bits per heavy atom. The van der Waals surface area contributed by atoms with E-state index in [0.717, 1.165) is 9.26 Å². The first kappa shape index (κ1) is 12.1. The third kappa shape index (κ3) is 2.19. The number of ketones is 1. The highest BCUT2D eigenvalue weighted by atomic mass is 127. The van der Waals surface area contributed by atoms with Gasteiger partial charge in [0, 0.05) is 9.26 Å². The Morgan fingerprint density at radius 3 is 2.35 bits per heavy atom. The van der Waals surface area contributed by atoms with Crippen molar-refractivity contribution in [3.8, 4) is 5.69 Å². The fourth-order valence-electron chi connectivity index (χ4n) is 1.73. The molecule has 17 heavy (non-hydrogen) atoms. The maximum absolute atomic E-state index is 12.0.